The van der Waals surface area contributed by atoms with Crippen LogP contribution in [0.5, 0.6) is 0 Å². The molecular weight excluding hydrogens is 243 g/mol. The van der Waals surface area contributed by atoms with Crippen molar-refractivity contribution < 1.29 is 9.18 Å². The van der Waals surface area contributed by atoms with E-state index in [0.717, 1.165) is 25.9 Å². The Bertz CT molecular complexity index is 503. The van der Waals surface area contributed by atoms with Crippen LogP contribution in [0.25, 0.3) is 0 Å². The van der Waals surface area contributed by atoms with E-state index in [1.54, 1.807) is 19.1 Å². The van der Waals surface area contributed by atoms with Gasteiger partial charge in [0, 0.05) is 30.7 Å². The molecule has 1 aromatic rings. The Morgan fingerprint density at radius 1 is 1.32 bits per heavy atom. The number of amides is 1. The summed E-state index contributed by atoms with van der Waals surface area (Å²) in [5.74, 6) is -0.231. The molecule has 2 bridgehead atoms. The van der Waals surface area contributed by atoms with E-state index in [2.05, 4.69) is 5.32 Å². The third-order valence-electron chi connectivity index (χ3n) is 4.22. The summed E-state index contributed by atoms with van der Waals surface area (Å²) in [5.41, 5.74) is 1.12. The fraction of sp³-hybridized carbons (Fsp3) is 0.533. The van der Waals surface area contributed by atoms with E-state index in [-0.39, 0.29) is 11.7 Å². The van der Waals surface area contributed by atoms with Crippen LogP contribution in [-0.2, 0) is 0 Å². The second kappa shape index (κ2) is 4.93. The van der Waals surface area contributed by atoms with E-state index in [9.17, 15) is 9.18 Å². The molecule has 2 heterocycles. The number of carbonyl (C=O) groups excluding carboxylic acids is 1. The van der Waals surface area contributed by atoms with Gasteiger partial charge in [0.2, 0.25) is 0 Å². The van der Waals surface area contributed by atoms with Gasteiger partial charge in [0.05, 0.1) is 0 Å². The van der Waals surface area contributed by atoms with Gasteiger partial charge in [-0.3, -0.25) is 4.79 Å². The normalized spacial score (nSPS) is 26.3. The highest BCUT2D eigenvalue weighted by atomic mass is 19.1. The highest BCUT2D eigenvalue weighted by Crippen LogP contribution is 2.22. The van der Waals surface area contributed by atoms with Gasteiger partial charge in [0.25, 0.3) is 5.91 Å². The maximum atomic E-state index is 13.3. The zero-order chi connectivity index (χ0) is 13.4. The number of halogens is 1. The summed E-state index contributed by atoms with van der Waals surface area (Å²) < 4.78 is 13.3. The Balaban J connectivity index is 1.77. The molecule has 102 valence electrons. The van der Waals surface area contributed by atoms with Crippen LogP contribution in [0.15, 0.2) is 18.2 Å². The smallest absolute Gasteiger partial charge is 0.253 e. The lowest BCUT2D eigenvalue weighted by Crippen LogP contribution is -2.39. The topological polar surface area (TPSA) is 32.3 Å². The van der Waals surface area contributed by atoms with Crippen LogP contribution < -0.4 is 5.32 Å². The van der Waals surface area contributed by atoms with Crippen molar-refractivity contribution in [2.24, 2.45) is 0 Å². The van der Waals surface area contributed by atoms with Crippen molar-refractivity contribution in [1.82, 2.24) is 10.2 Å². The van der Waals surface area contributed by atoms with Gasteiger partial charge >= 0.3 is 0 Å². The van der Waals surface area contributed by atoms with E-state index in [1.165, 1.54) is 12.5 Å². The van der Waals surface area contributed by atoms with Crippen LogP contribution in [-0.4, -0.2) is 36.0 Å². The van der Waals surface area contributed by atoms with Crippen LogP contribution >= 0.6 is 0 Å². The number of likely N-dealkylation sites (tertiary alicyclic amines) is 1. The lowest BCUT2D eigenvalue weighted by atomic mass is 10.1. The van der Waals surface area contributed by atoms with E-state index in [4.69, 9.17) is 0 Å². The predicted octanol–water partition coefficient (Wildman–Crippen LogP) is 2.10. The van der Waals surface area contributed by atoms with Crippen molar-refractivity contribution in [3.05, 3.63) is 35.1 Å². The maximum absolute atomic E-state index is 13.3. The monoisotopic (exact) mass is 262 g/mol. The number of hydrogen-bond acceptors (Lipinski definition) is 2. The van der Waals surface area contributed by atoms with Crippen LogP contribution in [0.3, 0.4) is 0 Å². The van der Waals surface area contributed by atoms with Crippen LogP contribution in [0, 0.1) is 12.7 Å². The molecule has 0 spiro atoms. The van der Waals surface area contributed by atoms with Gasteiger partial charge < -0.3 is 10.2 Å². The van der Waals surface area contributed by atoms with Crippen molar-refractivity contribution in [2.75, 3.05) is 13.1 Å². The lowest BCUT2D eigenvalue weighted by Gasteiger charge is -2.24. The van der Waals surface area contributed by atoms with Gasteiger partial charge in [-0.05, 0) is 49.9 Å². The number of fused-ring (bicyclic) bond motifs is 2. The molecule has 3 nitrogen and oxygen atoms in total. The van der Waals surface area contributed by atoms with Crippen molar-refractivity contribution in [2.45, 2.75) is 38.3 Å². The minimum atomic E-state index is -0.256. The molecule has 19 heavy (non-hydrogen) atoms. The first-order valence-corrected chi connectivity index (χ1v) is 6.95. The van der Waals surface area contributed by atoms with Crippen molar-refractivity contribution in [3.63, 3.8) is 0 Å². The summed E-state index contributed by atoms with van der Waals surface area (Å²) in [6.45, 7) is 3.26. The molecule has 2 atom stereocenters. The Hall–Kier alpha value is -1.42. The third kappa shape index (κ3) is 2.50. The molecule has 2 aliphatic rings. The number of benzene rings is 1. The zero-order valence-electron chi connectivity index (χ0n) is 11.2. The first-order valence-electron chi connectivity index (χ1n) is 6.95. The van der Waals surface area contributed by atoms with Gasteiger partial charge in [-0.25, -0.2) is 4.39 Å². The second-order valence-electron chi connectivity index (χ2n) is 5.64. The molecule has 2 aliphatic heterocycles. The average Bonchev–Trinajstić information content (AvgIpc) is 2.72. The van der Waals surface area contributed by atoms with Gasteiger partial charge in [-0.1, -0.05) is 0 Å². The molecule has 2 saturated heterocycles. The van der Waals surface area contributed by atoms with Crippen LogP contribution in [0.1, 0.15) is 35.2 Å². The van der Waals surface area contributed by atoms with Crippen molar-refractivity contribution in [1.29, 1.82) is 0 Å². The van der Waals surface area contributed by atoms with Gasteiger partial charge in [-0.15, -0.1) is 0 Å². The molecule has 1 N–H and O–H groups in total. The number of hydrogen-bond donors (Lipinski definition) is 1. The highest BCUT2D eigenvalue weighted by Gasteiger charge is 2.31. The third-order valence-corrected chi connectivity index (χ3v) is 4.22. The Labute approximate surface area is 112 Å². The standard InChI is InChI=1S/C15H19FN2O/c1-10-8-11(2-5-14(10)16)15(19)18-7-6-12-3-4-13(9-18)17-12/h2,5,8,12-13,17H,3-4,6-7,9H2,1H3. The summed E-state index contributed by atoms with van der Waals surface area (Å²) in [5, 5.41) is 3.56. The second-order valence-corrected chi connectivity index (χ2v) is 5.64. The molecule has 1 aromatic carbocycles. The fourth-order valence-corrected chi connectivity index (χ4v) is 3.09. The number of carbonyl (C=O) groups is 1. The molecule has 2 unspecified atom stereocenters. The predicted molar refractivity (Wildman–Crippen MR) is 71.6 cm³/mol. The molecule has 0 radical (unpaired) electrons. The minimum Gasteiger partial charge on any atom is -0.337 e. The van der Waals surface area contributed by atoms with E-state index < -0.39 is 0 Å². The molecule has 0 aromatic heterocycles. The number of aryl methyl sites for hydroxylation is 1. The first-order chi connectivity index (χ1) is 9.13. The summed E-state index contributed by atoms with van der Waals surface area (Å²) >= 11 is 0. The molecule has 0 saturated carbocycles. The molecule has 2 fully saturated rings. The van der Waals surface area contributed by atoms with Gasteiger partial charge in [0.15, 0.2) is 0 Å². The van der Waals surface area contributed by atoms with E-state index in [1.807, 2.05) is 4.90 Å². The van der Waals surface area contributed by atoms with Crippen LogP contribution in [0.2, 0.25) is 0 Å². The number of rotatable bonds is 1. The Morgan fingerprint density at radius 2 is 2.11 bits per heavy atom. The lowest BCUT2D eigenvalue weighted by molar-refractivity contribution is 0.0748. The Morgan fingerprint density at radius 3 is 2.89 bits per heavy atom. The van der Waals surface area contributed by atoms with Gasteiger partial charge in [-0.2, -0.15) is 0 Å². The van der Waals surface area contributed by atoms with E-state index in [0.29, 0.717) is 23.2 Å². The number of nitrogens with one attached hydrogen (secondary N) is 1. The summed E-state index contributed by atoms with van der Waals surface area (Å²) in [7, 11) is 0. The average molecular weight is 262 g/mol. The summed E-state index contributed by atoms with van der Waals surface area (Å²) in [4.78, 5) is 14.4. The first kappa shape index (κ1) is 12.6. The summed E-state index contributed by atoms with van der Waals surface area (Å²) in [6, 6.07) is 5.61. The molecule has 3 rings (SSSR count). The van der Waals surface area contributed by atoms with Gasteiger partial charge in [0.1, 0.15) is 5.82 Å². The summed E-state index contributed by atoms with van der Waals surface area (Å²) in [6.07, 6.45) is 3.39. The van der Waals surface area contributed by atoms with E-state index >= 15 is 0 Å². The van der Waals surface area contributed by atoms with Crippen LogP contribution in [0.4, 0.5) is 4.39 Å². The minimum absolute atomic E-state index is 0.0254. The highest BCUT2D eigenvalue weighted by molar-refractivity contribution is 5.94. The number of nitrogens with zero attached hydrogens (tertiary/aromatic N) is 1. The molecule has 1 amide bonds. The molecular formula is C15H19FN2O. The quantitative estimate of drug-likeness (QED) is 0.840. The SMILES string of the molecule is Cc1cc(C(=O)N2CCC3CCC(C2)N3)ccc1F. The van der Waals surface area contributed by atoms with Crippen molar-refractivity contribution >= 4 is 5.91 Å². The maximum Gasteiger partial charge on any atom is 0.253 e. The Kier molecular flexibility index (Phi) is 3.27. The largest absolute Gasteiger partial charge is 0.337 e. The fourth-order valence-electron chi connectivity index (χ4n) is 3.09. The molecule has 4 heteroatoms. The molecule has 0 aliphatic carbocycles. The van der Waals surface area contributed by atoms with Crippen molar-refractivity contribution in [3.8, 4) is 0 Å². The zero-order valence-corrected chi connectivity index (χ0v) is 11.2.